The molecule has 0 aromatic heterocycles. The molecule has 0 aliphatic carbocycles. The van der Waals surface area contributed by atoms with E-state index >= 15 is 0 Å². The highest BCUT2D eigenvalue weighted by molar-refractivity contribution is 6.31. The summed E-state index contributed by atoms with van der Waals surface area (Å²) in [6.07, 6.45) is 1.11. The molecule has 0 aliphatic rings. The second-order valence-electron chi connectivity index (χ2n) is 2.27. The summed E-state index contributed by atoms with van der Waals surface area (Å²) in [7, 11) is -0.589. The molecular formula is C7H14O2Si. The zero-order valence-corrected chi connectivity index (χ0v) is 8.06. The summed E-state index contributed by atoms with van der Waals surface area (Å²) in [5.41, 5.74) is 0.503. The fourth-order valence-corrected chi connectivity index (χ4v) is 1.30. The molecule has 0 atom stereocenters. The van der Waals surface area contributed by atoms with Gasteiger partial charge < -0.3 is 4.43 Å². The van der Waals surface area contributed by atoms with Crippen LogP contribution in [-0.4, -0.2) is 15.7 Å². The van der Waals surface area contributed by atoms with Crippen molar-refractivity contribution < 1.29 is 9.22 Å². The molecule has 0 unspecified atom stereocenters. The SMILES string of the molecule is C=C(C)C(=O)O[SiH2]CCC. The Kier molecular flexibility index (Phi) is 4.93. The summed E-state index contributed by atoms with van der Waals surface area (Å²) in [6, 6.07) is 1.07. The number of hydrogen-bond donors (Lipinski definition) is 0. The molecule has 0 spiro atoms. The van der Waals surface area contributed by atoms with Crippen LogP contribution in [0, 0.1) is 0 Å². The Balaban J connectivity index is 3.31. The summed E-state index contributed by atoms with van der Waals surface area (Å²) < 4.78 is 4.94. The largest absolute Gasteiger partial charge is 0.522 e. The minimum Gasteiger partial charge on any atom is -0.522 e. The van der Waals surface area contributed by atoms with Gasteiger partial charge in [0.1, 0.15) is 0 Å². The van der Waals surface area contributed by atoms with E-state index in [0.29, 0.717) is 5.57 Å². The molecule has 0 saturated carbocycles. The van der Waals surface area contributed by atoms with E-state index in [1.165, 1.54) is 0 Å². The Morgan fingerprint density at radius 3 is 2.70 bits per heavy atom. The first-order chi connectivity index (χ1) is 4.68. The Morgan fingerprint density at radius 2 is 2.30 bits per heavy atom. The molecule has 0 amide bonds. The van der Waals surface area contributed by atoms with Gasteiger partial charge >= 0.3 is 5.97 Å². The van der Waals surface area contributed by atoms with E-state index < -0.39 is 9.76 Å². The molecule has 0 N–H and O–H groups in total. The van der Waals surface area contributed by atoms with Crippen molar-refractivity contribution in [3.8, 4) is 0 Å². The van der Waals surface area contributed by atoms with Crippen LogP contribution in [0.5, 0.6) is 0 Å². The van der Waals surface area contributed by atoms with Gasteiger partial charge in [0, 0.05) is 5.57 Å². The standard InChI is InChI=1S/C7H14O2Si/c1-4-5-10-9-7(8)6(2)3/h2,4-5,10H2,1,3H3. The Bertz CT molecular complexity index is 132. The van der Waals surface area contributed by atoms with Gasteiger partial charge in [-0.25, -0.2) is 4.79 Å². The van der Waals surface area contributed by atoms with Crippen LogP contribution >= 0.6 is 0 Å². The van der Waals surface area contributed by atoms with Crippen LogP contribution in [-0.2, 0) is 9.22 Å². The topological polar surface area (TPSA) is 26.3 Å². The first-order valence-corrected chi connectivity index (χ1v) is 5.08. The molecule has 0 heterocycles. The zero-order valence-electron chi connectivity index (χ0n) is 6.64. The summed E-state index contributed by atoms with van der Waals surface area (Å²) in [5.74, 6) is -0.222. The van der Waals surface area contributed by atoms with Crippen LogP contribution in [0.3, 0.4) is 0 Å². The zero-order chi connectivity index (χ0) is 7.98. The Labute approximate surface area is 64.2 Å². The molecule has 0 fully saturated rings. The van der Waals surface area contributed by atoms with Crippen molar-refractivity contribution in [3.05, 3.63) is 12.2 Å². The monoisotopic (exact) mass is 158 g/mol. The van der Waals surface area contributed by atoms with Crippen LogP contribution in [0.2, 0.25) is 6.04 Å². The molecule has 0 aromatic rings. The lowest BCUT2D eigenvalue weighted by Gasteiger charge is -2.01. The summed E-state index contributed by atoms with van der Waals surface area (Å²) in [6.45, 7) is 7.24. The van der Waals surface area contributed by atoms with Gasteiger partial charge in [0.05, 0.1) is 0 Å². The van der Waals surface area contributed by atoms with Crippen molar-refractivity contribution in [1.29, 1.82) is 0 Å². The molecule has 2 nitrogen and oxygen atoms in total. The molecule has 0 aromatic carbocycles. The van der Waals surface area contributed by atoms with Crippen molar-refractivity contribution in [2.24, 2.45) is 0 Å². The third kappa shape index (κ3) is 4.32. The summed E-state index contributed by atoms with van der Waals surface area (Å²) in [4.78, 5) is 10.7. The highest BCUT2D eigenvalue weighted by Gasteiger charge is 2.00. The Hall–Kier alpha value is -0.573. The molecular weight excluding hydrogens is 144 g/mol. The normalized spacial score (nSPS) is 10.2. The van der Waals surface area contributed by atoms with E-state index in [1.54, 1.807) is 6.92 Å². The third-order valence-corrected chi connectivity index (χ3v) is 2.54. The molecule has 3 heteroatoms. The van der Waals surface area contributed by atoms with Gasteiger partial charge in [-0.05, 0) is 13.0 Å². The predicted molar refractivity (Wildman–Crippen MR) is 44.5 cm³/mol. The van der Waals surface area contributed by atoms with Crippen LogP contribution in [0.15, 0.2) is 12.2 Å². The van der Waals surface area contributed by atoms with Gasteiger partial charge in [0.2, 0.25) is 9.76 Å². The first-order valence-electron chi connectivity index (χ1n) is 3.51. The average Bonchev–Trinajstić information content (AvgIpc) is 1.88. The highest BCUT2D eigenvalue weighted by Crippen LogP contribution is 1.93. The van der Waals surface area contributed by atoms with E-state index in [4.69, 9.17) is 4.43 Å². The van der Waals surface area contributed by atoms with Gasteiger partial charge in [-0.1, -0.05) is 19.9 Å². The molecule has 0 aliphatic heterocycles. The van der Waals surface area contributed by atoms with E-state index in [0.717, 1.165) is 12.5 Å². The van der Waals surface area contributed by atoms with Gasteiger partial charge in [0.15, 0.2) is 0 Å². The number of carbonyl (C=O) groups excluding carboxylic acids is 1. The maximum absolute atomic E-state index is 10.7. The summed E-state index contributed by atoms with van der Waals surface area (Å²) >= 11 is 0. The van der Waals surface area contributed by atoms with Gasteiger partial charge in [0.25, 0.3) is 0 Å². The fourth-order valence-electron chi connectivity index (χ4n) is 0.432. The van der Waals surface area contributed by atoms with Crippen LogP contribution < -0.4 is 0 Å². The van der Waals surface area contributed by atoms with Crippen molar-refractivity contribution in [2.75, 3.05) is 0 Å². The lowest BCUT2D eigenvalue weighted by Crippen LogP contribution is -2.08. The fraction of sp³-hybridized carbons (Fsp3) is 0.571. The van der Waals surface area contributed by atoms with Crippen molar-refractivity contribution >= 4 is 15.7 Å². The average molecular weight is 158 g/mol. The van der Waals surface area contributed by atoms with Crippen molar-refractivity contribution in [3.63, 3.8) is 0 Å². The quantitative estimate of drug-likeness (QED) is 0.347. The first kappa shape index (κ1) is 9.43. The lowest BCUT2D eigenvalue weighted by molar-refractivity contribution is -0.130. The molecule has 0 saturated heterocycles. The number of hydrogen-bond acceptors (Lipinski definition) is 2. The van der Waals surface area contributed by atoms with Crippen LogP contribution in [0.4, 0.5) is 0 Å². The van der Waals surface area contributed by atoms with Crippen LogP contribution in [0.25, 0.3) is 0 Å². The van der Waals surface area contributed by atoms with Gasteiger partial charge in [-0.3, -0.25) is 0 Å². The van der Waals surface area contributed by atoms with Crippen LogP contribution in [0.1, 0.15) is 20.3 Å². The van der Waals surface area contributed by atoms with Gasteiger partial charge in [-0.15, -0.1) is 0 Å². The molecule has 0 bridgehead atoms. The van der Waals surface area contributed by atoms with Crippen molar-refractivity contribution in [1.82, 2.24) is 0 Å². The van der Waals surface area contributed by atoms with E-state index in [2.05, 4.69) is 13.5 Å². The number of carbonyl (C=O) groups is 1. The predicted octanol–water partition coefficient (Wildman–Crippen LogP) is 1.02. The molecule has 10 heavy (non-hydrogen) atoms. The minimum atomic E-state index is -0.589. The second-order valence-corrected chi connectivity index (χ2v) is 3.67. The molecule has 0 radical (unpaired) electrons. The smallest absolute Gasteiger partial charge is 0.319 e. The third-order valence-electron chi connectivity index (χ3n) is 1.08. The minimum absolute atomic E-state index is 0.222. The van der Waals surface area contributed by atoms with E-state index in [-0.39, 0.29) is 5.97 Å². The second kappa shape index (κ2) is 5.23. The van der Waals surface area contributed by atoms with Crippen molar-refractivity contribution in [2.45, 2.75) is 26.3 Å². The molecule has 0 rings (SSSR count). The Morgan fingerprint density at radius 1 is 1.70 bits per heavy atom. The van der Waals surface area contributed by atoms with Gasteiger partial charge in [-0.2, -0.15) is 0 Å². The summed E-state index contributed by atoms with van der Waals surface area (Å²) in [5, 5.41) is 0. The molecule has 58 valence electrons. The maximum atomic E-state index is 10.7. The van der Waals surface area contributed by atoms with E-state index in [1.807, 2.05) is 0 Å². The number of rotatable bonds is 4. The highest BCUT2D eigenvalue weighted by atomic mass is 28.2. The van der Waals surface area contributed by atoms with E-state index in [9.17, 15) is 4.79 Å². The maximum Gasteiger partial charge on any atom is 0.319 e. The lowest BCUT2D eigenvalue weighted by atomic mass is 10.4.